The van der Waals surface area contributed by atoms with Crippen LogP contribution >= 0.6 is 11.3 Å². The fourth-order valence-electron chi connectivity index (χ4n) is 2.08. The van der Waals surface area contributed by atoms with E-state index in [2.05, 4.69) is 20.7 Å². The Bertz CT molecular complexity index is 802. The Morgan fingerprint density at radius 1 is 1.39 bits per heavy atom. The van der Waals surface area contributed by atoms with Crippen molar-refractivity contribution in [3.05, 3.63) is 52.5 Å². The van der Waals surface area contributed by atoms with Gasteiger partial charge in [-0.1, -0.05) is 18.2 Å². The van der Waals surface area contributed by atoms with Crippen molar-refractivity contribution in [2.75, 3.05) is 0 Å². The number of nitrogens with one attached hydrogen (secondary N) is 1. The highest BCUT2D eigenvalue weighted by Gasteiger charge is 2.13. The maximum Gasteiger partial charge on any atom is 0.244 e. The van der Waals surface area contributed by atoms with Gasteiger partial charge in [-0.25, -0.2) is 4.39 Å². The van der Waals surface area contributed by atoms with E-state index in [1.54, 1.807) is 23.5 Å². The highest BCUT2D eigenvalue weighted by Crippen LogP contribution is 2.18. The summed E-state index contributed by atoms with van der Waals surface area (Å²) in [6.45, 7) is 1.87. The van der Waals surface area contributed by atoms with E-state index < -0.39 is 0 Å². The van der Waals surface area contributed by atoms with Gasteiger partial charge in [0.05, 0.1) is 6.04 Å². The minimum Gasteiger partial charge on any atom is -0.347 e. The second-order valence-electron chi connectivity index (χ2n) is 4.96. The number of nitrogens with zero attached hydrogens (tertiary/aromatic N) is 4. The van der Waals surface area contributed by atoms with E-state index in [1.807, 2.05) is 24.4 Å². The van der Waals surface area contributed by atoms with Crippen molar-refractivity contribution in [1.82, 2.24) is 25.5 Å². The van der Waals surface area contributed by atoms with Crippen LogP contribution in [0.5, 0.6) is 0 Å². The van der Waals surface area contributed by atoms with Gasteiger partial charge in [-0.15, -0.1) is 21.5 Å². The summed E-state index contributed by atoms with van der Waals surface area (Å²) >= 11 is 1.58. The van der Waals surface area contributed by atoms with Crippen LogP contribution in [0.3, 0.4) is 0 Å². The number of rotatable bonds is 5. The van der Waals surface area contributed by atoms with Gasteiger partial charge in [-0.2, -0.15) is 4.80 Å². The largest absolute Gasteiger partial charge is 0.347 e. The molecule has 3 aromatic rings. The Kier molecular flexibility index (Phi) is 4.42. The summed E-state index contributed by atoms with van der Waals surface area (Å²) in [6.07, 6.45) is 0. The summed E-state index contributed by atoms with van der Waals surface area (Å²) in [4.78, 5) is 14.3. The first-order chi connectivity index (χ1) is 11.1. The van der Waals surface area contributed by atoms with Gasteiger partial charge in [0.15, 0.2) is 0 Å². The molecular formula is C15H14FN5OS. The first-order valence-corrected chi connectivity index (χ1v) is 7.86. The number of tetrazole rings is 1. The number of hydrogen-bond acceptors (Lipinski definition) is 5. The minimum atomic E-state index is -0.374. The number of halogens is 1. The van der Waals surface area contributed by atoms with Gasteiger partial charge in [-0.3, -0.25) is 4.79 Å². The highest BCUT2D eigenvalue weighted by atomic mass is 32.1. The fourth-order valence-corrected chi connectivity index (χ4v) is 2.81. The quantitative estimate of drug-likeness (QED) is 0.779. The zero-order valence-electron chi connectivity index (χ0n) is 12.3. The summed E-state index contributed by atoms with van der Waals surface area (Å²) in [5, 5.41) is 16.6. The first-order valence-electron chi connectivity index (χ1n) is 6.98. The van der Waals surface area contributed by atoms with Gasteiger partial charge in [0.25, 0.3) is 0 Å². The smallest absolute Gasteiger partial charge is 0.244 e. The van der Waals surface area contributed by atoms with Crippen molar-refractivity contribution in [1.29, 1.82) is 0 Å². The van der Waals surface area contributed by atoms with E-state index in [0.29, 0.717) is 5.56 Å². The van der Waals surface area contributed by atoms with Gasteiger partial charge in [0, 0.05) is 10.4 Å². The fraction of sp³-hybridized carbons (Fsp3) is 0.200. The molecule has 0 aliphatic rings. The molecule has 1 aromatic carbocycles. The molecule has 8 heteroatoms. The number of amides is 1. The molecule has 0 bridgehead atoms. The maximum atomic E-state index is 13.2. The standard InChI is InChI=1S/C15H14FN5OS/c1-10(13-6-3-7-23-13)17-14(22)9-21-19-15(18-20-21)11-4-2-5-12(16)8-11/h2-8,10H,9H2,1H3,(H,17,22)/t10-/m1/s1. The number of hydrogen-bond donors (Lipinski definition) is 1. The molecule has 0 fully saturated rings. The van der Waals surface area contributed by atoms with Crippen LogP contribution in [0.4, 0.5) is 4.39 Å². The average molecular weight is 331 g/mol. The predicted molar refractivity (Wildman–Crippen MR) is 84.1 cm³/mol. The van der Waals surface area contributed by atoms with E-state index in [-0.39, 0.29) is 30.1 Å². The van der Waals surface area contributed by atoms with Crippen molar-refractivity contribution < 1.29 is 9.18 Å². The zero-order chi connectivity index (χ0) is 16.2. The van der Waals surface area contributed by atoms with Gasteiger partial charge in [-0.05, 0) is 35.7 Å². The summed E-state index contributed by atoms with van der Waals surface area (Å²) < 4.78 is 13.2. The second-order valence-corrected chi connectivity index (χ2v) is 5.94. The molecule has 0 radical (unpaired) electrons. The Hall–Kier alpha value is -2.61. The predicted octanol–water partition coefficient (Wildman–Crippen LogP) is 2.42. The third-order valence-corrected chi connectivity index (χ3v) is 4.22. The van der Waals surface area contributed by atoms with E-state index in [0.717, 1.165) is 4.88 Å². The highest BCUT2D eigenvalue weighted by molar-refractivity contribution is 7.10. The Morgan fingerprint density at radius 3 is 3.00 bits per heavy atom. The third kappa shape index (κ3) is 3.78. The number of aromatic nitrogens is 4. The topological polar surface area (TPSA) is 72.7 Å². The van der Waals surface area contributed by atoms with Gasteiger partial charge in [0.2, 0.25) is 11.7 Å². The van der Waals surface area contributed by atoms with Crippen LogP contribution in [-0.2, 0) is 11.3 Å². The molecule has 6 nitrogen and oxygen atoms in total. The number of benzene rings is 1. The number of thiophene rings is 1. The molecular weight excluding hydrogens is 317 g/mol. The summed E-state index contributed by atoms with van der Waals surface area (Å²) in [5.74, 6) is -0.306. The molecule has 1 atom stereocenters. The van der Waals surface area contributed by atoms with Crippen LogP contribution in [0.2, 0.25) is 0 Å². The van der Waals surface area contributed by atoms with Crippen LogP contribution < -0.4 is 5.32 Å². The number of carbonyl (C=O) groups excluding carboxylic acids is 1. The molecule has 2 aromatic heterocycles. The molecule has 0 saturated heterocycles. The van der Waals surface area contributed by atoms with Crippen LogP contribution in [0.25, 0.3) is 11.4 Å². The first kappa shape index (κ1) is 15.3. The van der Waals surface area contributed by atoms with Crippen LogP contribution in [0.1, 0.15) is 17.8 Å². The minimum absolute atomic E-state index is 0.0436. The van der Waals surface area contributed by atoms with Crippen molar-refractivity contribution in [2.45, 2.75) is 19.5 Å². The molecule has 0 aliphatic carbocycles. The van der Waals surface area contributed by atoms with E-state index >= 15 is 0 Å². The molecule has 118 valence electrons. The van der Waals surface area contributed by atoms with Crippen LogP contribution in [-0.4, -0.2) is 26.1 Å². The lowest BCUT2D eigenvalue weighted by atomic mass is 10.2. The lowest BCUT2D eigenvalue weighted by molar-refractivity contribution is -0.122. The summed E-state index contributed by atoms with van der Waals surface area (Å²) in [7, 11) is 0. The Balaban J connectivity index is 1.63. The van der Waals surface area contributed by atoms with Crippen LogP contribution in [0.15, 0.2) is 41.8 Å². The molecule has 3 rings (SSSR count). The third-order valence-electron chi connectivity index (χ3n) is 3.17. The van der Waals surface area contributed by atoms with E-state index in [1.165, 1.54) is 16.9 Å². The monoisotopic (exact) mass is 331 g/mol. The molecule has 23 heavy (non-hydrogen) atoms. The zero-order valence-corrected chi connectivity index (χ0v) is 13.1. The van der Waals surface area contributed by atoms with Gasteiger partial charge >= 0.3 is 0 Å². The van der Waals surface area contributed by atoms with Crippen molar-refractivity contribution in [3.63, 3.8) is 0 Å². The lowest BCUT2D eigenvalue weighted by Gasteiger charge is -2.11. The van der Waals surface area contributed by atoms with Crippen molar-refractivity contribution in [3.8, 4) is 11.4 Å². The summed E-state index contributed by atoms with van der Waals surface area (Å²) in [5.41, 5.74) is 0.517. The molecule has 0 unspecified atom stereocenters. The number of carbonyl (C=O) groups is 1. The molecule has 0 aliphatic heterocycles. The lowest BCUT2D eigenvalue weighted by Crippen LogP contribution is -2.30. The van der Waals surface area contributed by atoms with E-state index in [9.17, 15) is 9.18 Å². The SMILES string of the molecule is C[C@@H](NC(=O)Cn1nnc(-c2cccc(F)c2)n1)c1cccs1. The molecule has 1 amide bonds. The Morgan fingerprint density at radius 2 is 2.26 bits per heavy atom. The molecule has 2 heterocycles. The Labute approximate surface area is 136 Å². The summed E-state index contributed by atoms with van der Waals surface area (Å²) in [6, 6.07) is 9.74. The van der Waals surface area contributed by atoms with Gasteiger partial charge < -0.3 is 5.32 Å². The molecule has 0 saturated carbocycles. The normalized spacial score (nSPS) is 12.1. The average Bonchev–Trinajstić information content (AvgIpc) is 3.18. The molecule has 0 spiro atoms. The second kappa shape index (κ2) is 6.66. The van der Waals surface area contributed by atoms with Gasteiger partial charge in [0.1, 0.15) is 12.4 Å². The van der Waals surface area contributed by atoms with Crippen LogP contribution in [0, 0.1) is 5.82 Å². The van der Waals surface area contributed by atoms with Crippen molar-refractivity contribution in [2.24, 2.45) is 0 Å². The van der Waals surface area contributed by atoms with E-state index in [4.69, 9.17) is 0 Å². The maximum absolute atomic E-state index is 13.2. The van der Waals surface area contributed by atoms with Crippen molar-refractivity contribution >= 4 is 17.2 Å². The molecule has 1 N–H and O–H groups in total.